The van der Waals surface area contributed by atoms with E-state index in [1.165, 1.54) is 5.56 Å². The maximum atomic E-state index is 11.8. The Kier molecular flexibility index (Phi) is 3.95. The molecule has 146 valence electrons. The van der Waals surface area contributed by atoms with E-state index in [1.54, 1.807) is 11.3 Å². The van der Waals surface area contributed by atoms with Crippen molar-refractivity contribution in [3.05, 3.63) is 17.7 Å². The molecule has 2 aromatic rings. The predicted molar refractivity (Wildman–Crippen MR) is 105 cm³/mol. The lowest BCUT2D eigenvalue weighted by molar-refractivity contribution is 0.0518. The van der Waals surface area contributed by atoms with Crippen molar-refractivity contribution < 1.29 is 17.3 Å². The van der Waals surface area contributed by atoms with Gasteiger partial charge in [-0.2, -0.15) is 8.42 Å². The summed E-state index contributed by atoms with van der Waals surface area (Å²) in [6.07, 6.45) is 3.74. The fourth-order valence-electron chi connectivity index (χ4n) is 4.56. The minimum absolute atomic E-state index is 0.0608. The van der Waals surface area contributed by atoms with Crippen LogP contribution in [0.5, 0.6) is 5.75 Å². The summed E-state index contributed by atoms with van der Waals surface area (Å²) in [5, 5.41) is 4.39. The van der Waals surface area contributed by atoms with Crippen molar-refractivity contribution in [2.75, 3.05) is 38.3 Å². The summed E-state index contributed by atoms with van der Waals surface area (Å²) in [7, 11) is -1.50. The largest absolute Gasteiger partial charge is 0.493 e. The number of benzene rings is 1. The van der Waals surface area contributed by atoms with E-state index >= 15 is 0 Å². The number of fused-ring (bicyclic) bond motifs is 3. The number of rotatable bonds is 4. The summed E-state index contributed by atoms with van der Waals surface area (Å²) in [5.41, 5.74) is 2.23. The van der Waals surface area contributed by atoms with Crippen molar-refractivity contribution in [2.45, 2.75) is 31.4 Å². The molecule has 0 bridgehead atoms. The number of ether oxygens (including phenoxy) is 1. The molecule has 1 N–H and O–H groups in total. The van der Waals surface area contributed by atoms with Crippen molar-refractivity contribution in [3.8, 4) is 5.75 Å². The topological polar surface area (TPSA) is 80.8 Å². The monoisotopic (exact) mass is 409 g/mol. The van der Waals surface area contributed by atoms with Gasteiger partial charge in [-0.25, -0.2) is 4.98 Å². The van der Waals surface area contributed by atoms with Gasteiger partial charge in [0.1, 0.15) is 11.9 Å². The Hall–Kier alpha value is -1.42. The van der Waals surface area contributed by atoms with Crippen LogP contribution < -0.4 is 10.1 Å². The molecule has 2 fully saturated rings. The molecule has 9 heteroatoms. The molecule has 0 amide bonds. The van der Waals surface area contributed by atoms with Crippen LogP contribution in [-0.4, -0.2) is 63.4 Å². The average molecular weight is 410 g/mol. The Morgan fingerprint density at radius 2 is 2.22 bits per heavy atom. The first-order chi connectivity index (χ1) is 12.8. The zero-order valence-electron chi connectivity index (χ0n) is 15.4. The number of hydrogen-bond donors (Lipinski definition) is 1. The Labute approximate surface area is 162 Å². The van der Waals surface area contributed by atoms with Crippen LogP contribution >= 0.6 is 11.3 Å². The molecular formula is C18H23N3O4S2. The molecule has 0 unspecified atom stereocenters. The number of hydrogen-bond acceptors (Lipinski definition) is 8. The third-order valence-electron chi connectivity index (χ3n) is 5.81. The number of likely N-dealkylation sites (tertiary alicyclic amines) is 1. The lowest BCUT2D eigenvalue weighted by Crippen LogP contribution is -2.57. The molecule has 1 aromatic heterocycles. The number of nitrogens with one attached hydrogen (secondary N) is 1. The molecule has 7 nitrogen and oxygen atoms in total. The number of piperidine rings is 1. The number of aromatic nitrogens is 1. The van der Waals surface area contributed by atoms with Crippen molar-refractivity contribution in [1.29, 1.82) is 0 Å². The fraction of sp³-hybridized carbons (Fsp3) is 0.611. The molecule has 1 saturated carbocycles. The fourth-order valence-corrected chi connectivity index (χ4v) is 6.11. The van der Waals surface area contributed by atoms with Gasteiger partial charge < -0.3 is 15.0 Å². The molecule has 2 atom stereocenters. The summed E-state index contributed by atoms with van der Waals surface area (Å²) < 4.78 is 35.9. The highest BCUT2D eigenvalue weighted by Gasteiger charge is 2.56. The van der Waals surface area contributed by atoms with Crippen molar-refractivity contribution in [1.82, 2.24) is 9.88 Å². The first-order valence-electron chi connectivity index (χ1n) is 9.22. The van der Waals surface area contributed by atoms with E-state index in [0.717, 1.165) is 53.2 Å². The molecule has 0 radical (unpaired) electrons. The van der Waals surface area contributed by atoms with Gasteiger partial charge in [-0.05, 0) is 32.0 Å². The van der Waals surface area contributed by atoms with Gasteiger partial charge in [0.15, 0.2) is 5.13 Å². The second kappa shape index (κ2) is 6.04. The summed E-state index contributed by atoms with van der Waals surface area (Å²) >= 11 is 1.61. The average Bonchev–Trinajstić information content (AvgIpc) is 3.02. The third-order valence-corrected chi connectivity index (χ3v) is 7.36. The Morgan fingerprint density at radius 1 is 1.41 bits per heavy atom. The number of anilines is 1. The standard InChI is InChI=1S/C18H23N3O4S2/c1-21-9-13(25-27(2,22)23)16(18(10-21)6-7-18)20-17-19-15-11-5-8-24-12(11)3-4-14(15)26-17/h3-4,13,16H,5-10H2,1-2H3,(H,19,20)/t13-,16+/m1/s1. The van der Waals surface area contributed by atoms with E-state index in [1.807, 2.05) is 19.2 Å². The summed E-state index contributed by atoms with van der Waals surface area (Å²) in [6, 6.07) is 4.00. The van der Waals surface area contributed by atoms with Gasteiger partial charge in [-0.15, -0.1) is 0 Å². The smallest absolute Gasteiger partial charge is 0.264 e. The predicted octanol–water partition coefficient (Wildman–Crippen LogP) is 2.08. The van der Waals surface area contributed by atoms with Crippen LogP contribution in [0.3, 0.4) is 0 Å². The summed E-state index contributed by atoms with van der Waals surface area (Å²) in [4.78, 5) is 7.00. The normalized spacial score (nSPS) is 26.9. The van der Waals surface area contributed by atoms with Crippen LogP contribution in [0.1, 0.15) is 18.4 Å². The van der Waals surface area contributed by atoms with E-state index < -0.39 is 16.2 Å². The highest BCUT2D eigenvalue weighted by atomic mass is 32.2. The van der Waals surface area contributed by atoms with Crippen LogP contribution in [0.25, 0.3) is 10.2 Å². The van der Waals surface area contributed by atoms with Gasteiger partial charge >= 0.3 is 0 Å². The third kappa shape index (κ3) is 3.20. The van der Waals surface area contributed by atoms with E-state index in [2.05, 4.69) is 10.2 Å². The van der Waals surface area contributed by atoms with Gasteiger partial charge in [0.05, 0.1) is 29.1 Å². The molecule has 1 spiro atoms. The molecule has 1 saturated heterocycles. The number of likely N-dealkylation sites (N-methyl/N-ethyl adjacent to an activating group) is 1. The van der Waals surface area contributed by atoms with Crippen LogP contribution in [0.2, 0.25) is 0 Å². The minimum atomic E-state index is -3.53. The molecule has 5 rings (SSSR count). The van der Waals surface area contributed by atoms with Crippen molar-refractivity contribution in [2.24, 2.45) is 5.41 Å². The maximum Gasteiger partial charge on any atom is 0.264 e. The summed E-state index contributed by atoms with van der Waals surface area (Å²) in [6.45, 7) is 2.24. The van der Waals surface area contributed by atoms with Crippen molar-refractivity contribution in [3.63, 3.8) is 0 Å². The van der Waals surface area contributed by atoms with E-state index in [-0.39, 0.29) is 11.5 Å². The molecule has 3 aliphatic rings. The first-order valence-corrected chi connectivity index (χ1v) is 11.8. The quantitative estimate of drug-likeness (QED) is 0.775. The van der Waals surface area contributed by atoms with Gasteiger partial charge in [0.2, 0.25) is 0 Å². The number of thiazole rings is 1. The molecule has 27 heavy (non-hydrogen) atoms. The SMILES string of the molecule is CN1C[C@@H](OS(C)(=O)=O)[C@H](Nc2nc3c4c(ccc3s2)OCC4)C2(CC2)C1. The Bertz CT molecular complexity index is 999. The number of nitrogens with zero attached hydrogens (tertiary/aromatic N) is 2. The van der Waals surface area contributed by atoms with E-state index in [9.17, 15) is 8.42 Å². The molecule has 1 aliphatic carbocycles. The lowest BCUT2D eigenvalue weighted by atomic mass is 9.87. The second-order valence-electron chi connectivity index (χ2n) is 8.03. The molecular weight excluding hydrogens is 386 g/mol. The highest BCUT2D eigenvalue weighted by molar-refractivity contribution is 7.86. The first kappa shape index (κ1) is 17.7. The zero-order valence-corrected chi connectivity index (χ0v) is 17.0. The van der Waals surface area contributed by atoms with Crippen LogP contribution in [0.15, 0.2) is 12.1 Å². The van der Waals surface area contributed by atoms with Crippen LogP contribution in [-0.2, 0) is 20.7 Å². The maximum absolute atomic E-state index is 11.8. The zero-order chi connectivity index (χ0) is 18.8. The lowest BCUT2D eigenvalue weighted by Gasteiger charge is -2.42. The van der Waals surface area contributed by atoms with E-state index in [0.29, 0.717) is 13.2 Å². The van der Waals surface area contributed by atoms with Gasteiger partial charge in [-0.1, -0.05) is 11.3 Å². The minimum Gasteiger partial charge on any atom is -0.493 e. The van der Waals surface area contributed by atoms with Gasteiger partial charge in [-0.3, -0.25) is 4.18 Å². The molecule has 3 heterocycles. The molecule has 2 aliphatic heterocycles. The van der Waals surface area contributed by atoms with Crippen LogP contribution in [0, 0.1) is 5.41 Å². The second-order valence-corrected chi connectivity index (χ2v) is 10.7. The van der Waals surface area contributed by atoms with Gasteiger partial charge in [0.25, 0.3) is 10.1 Å². The Morgan fingerprint density at radius 3 is 2.96 bits per heavy atom. The van der Waals surface area contributed by atoms with Gasteiger partial charge in [0, 0.05) is 30.5 Å². The summed E-state index contributed by atoms with van der Waals surface area (Å²) in [5.74, 6) is 0.926. The Balaban J connectivity index is 1.48. The van der Waals surface area contributed by atoms with E-state index in [4.69, 9.17) is 13.9 Å². The van der Waals surface area contributed by atoms with Crippen molar-refractivity contribution >= 4 is 36.8 Å². The molecule has 1 aromatic carbocycles. The van der Waals surface area contributed by atoms with Crippen LogP contribution in [0.4, 0.5) is 5.13 Å². The highest BCUT2D eigenvalue weighted by Crippen LogP contribution is 2.53.